The minimum atomic E-state index is -4.21. The molecule has 3 aromatic carbocycles. The Morgan fingerprint density at radius 3 is 2.24 bits per heavy atom. The van der Waals surface area contributed by atoms with Crippen molar-refractivity contribution in [2.75, 3.05) is 10.8 Å². The Hall–Kier alpha value is -3.07. The van der Waals surface area contributed by atoms with Gasteiger partial charge in [0, 0.05) is 17.6 Å². The summed E-state index contributed by atoms with van der Waals surface area (Å²) in [5, 5.41) is 3.53. The topological polar surface area (TPSA) is 86.8 Å². The molecule has 0 aromatic heterocycles. The van der Waals surface area contributed by atoms with Gasteiger partial charge in [-0.25, -0.2) is 8.42 Å². The van der Waals surface area contributed by atoms with Gasteiger partial charge in [-0.3, -0.25) is 13.9 Å². The van der Waals surface area contributed by atoms with E-state index in [2.05, 4.69) is 5.32 Å². The van der Waals surface area contributed by atoms with Crippen molar-refractivity contribution in [2.45, 2.75) is 69.5 Å². The van der Waals surface area contributed by atoms with Gasteiger partial charge in [0.05, 0.1) is 15.6 Å². The van der Waals surface area contributed by atoms with Crippen LogP contribution >= 0.6 is 23.2 Å². The van der Waals surface area contributed by atoms with E-state index in [1.807, 2.05) is 38.1 Å². The summed E-state index contributed by atoms with van der Waals surface area (Å²) in [7, 11) is -4.21. The molecule has 3 aromatic rings. The second-order valence-electron chi connectivity index (χ2n) is 10.3. The summed E-state index contributed by atoms with van der Waals surface area (Å²) in [4.78, 5) is 29.2. The lowest BCUT2D eigenvalue weighted by Gasteiger charge is -2.34. The van der Waals surface area contributed by atoms with Crippen LogP contribution in [0.25, 0.3) is 0 Å². The van der Waals surface area contributed by atoms with Crippen LogP contribution in [-0.2, 0) is 26.2 Å². The minimum Gasteiger partial charge on any atom is -0.352 e. The summed E-state index contributed by atoms with van der Waals surface area (Å²) in [6.07, 6.45) is 4.30. The first-order valence-electron chi connectivity index (χ1n) is 13.8. The number of anilines is 1. The van der Waals surface area contributed by atoms with E-state index in [9.17, 15) is 18.0 Å². The summed E-state index contributed by atoms with van der Waals surface area (Å²) in [5.74, 6) is -0.758. The first-order valence-corrected chi connectivity index (χ1v) is 16.0. The van der Waals surface area contributed by atoms with E-state index >= 15 is 0 Å². The van der Waals surface area contributed by atoms with E-state index in [0.29, 0.717) is 11.4 Å². The Morgan fingerprint density at radius 1 is 0.976 bits per heavy atom. The standard InChI is InChI=1S/C31H35Cl2N3O4S/c1-3-28(31(38)34-25-9-7-8-10-25)35(20-23-15-13-22(2)14-16-23)30(37)21-36(29-18-17-24(32)19-27(29)33)41(39,40)26-11-5-4-6-12-26/h4-6,11-19,25,28H,3,7-10,20-21H2,1-2H3,(H,34,38)/t28-/m1/s1. The van der Waals surface area contributed by atoms with E-state index < -0.39 is 28.5 Å². The van der Waals surface area contributed by atoms with E-state index in [0.717, 1.165) is 41.1 Å². The molecule has 0 aliphatic heterocycles. The van der Waals surface area contributed by atoms with Crippen molar-refractivity contribution in [3.63, 3.8) is 0 Å². The molecule has 0 bridgehead atoms. The van der Waals surface area contributed by atoms with Crippen molar-refractivity contribution >= 4 is 50.7 Å². The predicted octanol–water partition coefficient (Wildman–Crippen LogP) is 6.36. The Morgan fingerprint density at radius 2 is 1.63 bits per heavy atom. The number of carbonyl (C=O) groups is 2. The number of nitrogens with zero attached hydrogens (tertiary/aromatic N) is 2. The number of carbonyl (C=O) groups excluding carboxylic acids is 2. The highest BCUT2D eigenvalue weighted by molar-refractivity contribution is 7.92. The smallest absolute Gasteiger partial charge is 0.264 e. The van der Waals surface area contributed by atoms with Gasteiger partial charge in [0.2, 0.25) is 11.8 Å². The number of benzene rings is 3. The number of halogens is 2. The zero-order valence-corrected chi connectivity index (χ0v) is 25.6. The van der Waals surface area contributed by atoms with Gasteiger partial charge in [-0.2, -0.15) is 0 Å². The summed E-state index contributed by atoms with van der Waals surface area (Å²) < 4.78 is 28.8. The third kappa shape index (κ3) is 7.61. The number of rotatable bonds is 11. The molecule has 218 valence electrons. The van der Waals surface area contributed by atoms with Gasteiger partial charge in [-0.05, 0) is 62.1 Å². The van der Waals surface area contributed by atoms with Crippen LogP contribution in [-0.4, -0.2) is 43.8 Å². The summed E-state index contributed by atoms with van der Waals surface area (Å²) in [6.45, 7) is 3.41. The number of aryl methyl sites for hydroxylation is 1. The first-order chi connectivity index (χ1) is 19.6. The molecule has 4 rings (SSSR count). The third-order valence-electron chi connectivity index (χ3n) is 7.35. The van der Waals surface area contributed by atoms with Gasteiger partial charge in [-0.1, -0.05) is 91.0 Å². The molecule has 1 saturated carbocycles. The largest absolute Gasteiger partial charge is 0.352 e. The average molecular weight is 617 g/mol. The van der Waals surface area contributed by atoms with Crippen molar-refractivity contribution in [1.29, 1.82) is 0 Å². The molecule has 0 unspecified atom stereocenters. The predicted molar refractivity (Wildman–Crippen MR) is 164 cm³/mol. The molecule has 7 nitrogen and oxygen atoms in total. The molecule has 1 N–H and O–H groups in total. The van der Waals surface area contributed by atoms with Crippen LogP contribution in [0.1, 0.15) is 50.2 Å². The van der Waals surface area contributed by atoms with Crippen molar-refractivity contribution < 1.29 is 18.0 Å². The second kappa shape index (κ2) is 13.7. The summed E-state index contributed by atoms with van der Waals surface area (Å²) in [5.41, 5.74) is 2.01. The molecule has 10 heteroatoms. The van der Waals surface area contributed by atoms with Gasteiger partial charge in [-0.15, -0.1) is 0 Å². The molecule has 0 saturated heterocycles. The number of hydrogen-bond donors (Lipinski definition) is 1. The van der Waals surface area contributed by atoms with Crippen molar-refractivity contribution in [2.24, 2.45) is 0 Å². The Balaban J connectivity index is 1.72. The Labute approximate surface area is 252 Å². The molecule has 0 heterocycles. The van der Waals surface area contributed by atoms with E-state index in [1.54, 1.807) is 18.2 Å². The first kappa shape index (κ1) is 30.9. The summed E-state index contributed by atoms with van der Waals surface area (Å²) >= 11 is 12.6. The highest BCUT2D eigenvalue weighted by Gasteiger charge is 2.35. The van der Waals surface area contributed by atoms with Gasteiger partial charge in [0.25, 0.3) is 10.0 Å². The van der Waals surface area contributed by atoms with E-state index in [4.69, 9.17) is 23.2 Å². The molecular weight excluding hydrogens is 581 g/mol. The quantitative estimate of drug-likeness (QED) is 0.272. The maximum atomic E-state index is 14.2. The molecule has 1 aliphatic rings. The molecule has 0 spiro atoms. The highest BCUT2D eigenvalue weighted by Crippen LogP contribution is 2.33. The van der Waals surface area contributed by atoms with Gasteiger partial charge in [0.1, 0.15) is 12.6 Å². The zero-order valence-electron chi connectivity index (χ0n) is 23.2. The fraction of sp³-hybridized carbons (Fsp3) is 0.355. The van der Waals surface area contributed by atoms with Crippen LogP contribution in [0.15, 0.2) is 77.7 Å². The fourth-order valence-corrected chi connectivity index (χ4v) is 7.11. The molecule has 1 aliphatic carbocycles. The van der Waals surface area contributed by atoms with E-state index in [1.165, 1.54) is 35.2 Å². The van der Waals surface area contributed by atoms with E-state index in [-0.39, 0.29) is 34.1 Å². The van der Waals surface area contributed by atoms with Crippen LogP contribution in [0, 0.1) is 6.92 Å². The SMILES string of the molecule is CC[C@H](C(=O)NC1CCCC1)N(Cc1ccc(C)cc1)C(=O)CN(c1ccc(Cl)cc1Cl)S(=O)(=O)c1ccccc1. The average Bonchev–Trinajstić information content (AvgIpc) is 3.46. The number of amides is 2. The maximum Gasteiger partial charge on any atom is 0.264 e. The van der Waals surface area contributed by atoms with Crippen molar-refractivity contribution in [1.82, 2.24) is 10.2 Å². The lowest BCUT2D eigenvalue weighted by molar-refractivity contribution is -0.140. The molecule has 41 heavy (non-hydrogen) atoms. The number of nitrogens with one attached hydrogen (secondary N) is 1. The fourth-order valence-electron chi connectivity index (χ4n) is 5.09. The van der Waals surface area contributed by atoms with Crippen LogP contribution in [0.3, 0.4) is 0 Å². The van der Waals surface area contributed by atoms with Crippen LogP contribution in [0.4, 0.5) is 5.69 Å². The zero-order chi connectivity index (χ0) is 29.6. The van der Waals surface area contributed by atoms with Gasteiger partial charge >= 0.3 is 0 Å². The van der Waals surface area contributed by atoms with Crippen LogP contribution in [0.2, 0.25) is 10.0 Å². The molecule has 0 radical (unpaired) electrons. The monoisotopic (exact) mass is 615 g/mol. The van der Waals surface area contributed by atoms with Gasteiger partial charge < -0.3 is 10.2 Å². The second-order valence-corrected chi connectivity index (χ2v) is 13.0. The van der Waals surface area contributed by atoms with Crippen LogP contribution in [0.5, 0.6) is 0 Å². The molecular formula is C31H35Cl2N3O4S. The van der Waals surface area contributed by atoms with Crippen LogP contribution < -0.4 is 9.62 Å². The minimum absolute atomic E-state index is 0.00918. The third-order valence-corrected chi connectivity index (χ3v) is 9.66. The van der Waals surface area contributed by atoms with Crippen molar-refractivity contribution in [3.05, 3.63) is 94.0 Å². The number of sulfonamides is 1. The Kier molecular flexibility index (Phi) is 10.3. The molecule has 1 fully saturated rings. The normalized spacial score (nSPS) is 14.4. The maximum absolute atomic E-state index is 14.2. The number of hydrogen-bond acceptors (Lipinski definition) is 4. The molecule has 2 amide bonds. The highest BCUT2D eigenvalue weighted by atomic mass is 35.5. The van der Waals surface area contributed by atoms with Gasteiger partial charge in [0.15, 0.2) is 0 Å². The van der Waals surface area contributed by atoms with Crippen molar-refractivity contribution in [3.8, 4) is 0 Å². The Bertz CT molecular complexity index is 1460. The summed E-state index contributed by atoms with van der Waals surface area (Å²) in [6, 6.07) is 19.3. The molecule has 1 atom stereocenters. The lowest BCUT2D eigenvalue weighted by Crippen LogP contribution is -2.53. The lowest BCUT2D eigenvalue weighted by atomic mass is 10.1.